The quantitative estimate of drug-likeness (QED) is 0.542. The lowest BCUT2D eigenvalue weighted by molar-refractivity contribution is 0.168. The maximum Gasteiger partial charge on any atom is 0.411 e. The zero-order valence-corrected chi connectivity index (χ0v) is 18.6. The standard InChI is InChI=1S/C14H17N3O2.C10H13NO2/c1-2-17-14(19)8-7-12(16-17)10-3-5-11(6-4-10)13(18)9-15;1-3-13-10(12)11-9-6-4-5-8(2)7-9/h3-8,13,18H,2,9,15H2,1H3;4-7H,3H2,1-2H3,(H,11,12). The van der Waals surface area contributed by atoms with Gasteiger partial charge in [0.05, 0.1) is 18.4 Å². The van der Waals surface area contributed by atoms with E-state index in [2.05, 4.69) is 10.4 Å². The van der Waals surface area contributed by atoms with Gasteiger partial charge < -0.3 is 15.6 Å². The molecule has 0 radical (unpaired) electrons. The molecule has 0 saturated heterocycles. The molecule has 4 N–H and O–H groups in total. The smallest absolute Gasteiger partial charge is 0.411 e. The molecule has 0 aliphatic rings. The molecule has 1 atom stereocenters. The van der Waals surface area contributed by atoms with Gasteiger partial charge in [-0.2, -0.15) is 5.10 Å². The summed E-state index contributed by atoms with van der Waals surface area (Å²) in [5, 5.41) is 16.5. The maximum absolute atomic E-state index is 11.5. The van der Waals surface area contributed by atoms with Crippen LogP contribution in [0.1, 0.15) is 31.1 Å². The summed E-state index contributed by atoms with van der Waals surface area (Å²) >= 11 is 0. The lowest BCUT2D eigenvalue weighted by Crippen LogP contribution is -2.21. The second-order valence-electron chi connectivity index (χ2n) is 6.96. The van der Waals surface area contributed by atoms with E-state index in [1.807, 2.05) is 62.4 Å². The van der Waals surface area contributed by atoms with Crippen LogP contribution in [0.2, 0.25) is 0 Å². The number of aliphatic hydroxyl groups is 1. The Labute approximate surface area is 187 Å². The van der Waals surface area contributed by atoms with Crippen molar-refractivity contribution in [3.63, 3.8) is 0 Å². The van der Waals surface area contributed by atoms with Gasteiger partial charge in [0, 0.05) is 30.4 Å². The molecule has 0 bridgehead atoms. The van der Waals surface area contributed by atoms with Gasteiger partial charge in [-0.3, -0.25) is 10.1 Å². The summed E-state index contributed by atoms with van der Waals surface area (Å²) < 4.78 is 6.15. The summed E-state index contributed by atoms with van der Waals surface area (Å²) in [6.45, 7) is 6.73. The van der Waals surface area contributed by atoms with Crippen LogP contribution in [0, 0.1) is 6.92 Å². The van der Waals surface area contributed by atoms with Crippen molar-refractivity contribution in [2.45, 2.75) is 33.4 Å². The van der Waals surface area contributed by atoms with Gasteiger partial charge in [-0.1, -0.05) is 36.4 Å². The average Bonchev–Trinajstić information content (AvgIpc) is 2.79. The third-order valence-electron chi connectivity index (χ3n) is 4.52. The molecule has 3 aromatic rings. The van der Waals surface area contributed by atoms with E-state index in [9.17, 15) is 14.7 Å². The van der Waals surface area contributed by atoms with E-state index >= 15 is 0 Å². The van der Waals surface area contributed by atoms with E-state index in [1.165, 1.54) is 10.7 Å². The van der Waals surface area contributed by atoms with Gasteiger partial charge in [-0.15, -0.1) is 0 Å². The van der Waals surface area contributed by atoms with Crippen LogP contribution in [0.15, 0.2) is 65.5 Å². The lowest BCUT2D eigenvalue weighted by Gasteiger charge is -2.09. The van der Waals surface area contributed by atoms with Crippen LogP contribution in [0.25, 0.3) is 11.3 Å². The summed E-state index contributed by atoms with van der Waals surface area (Å²) in [4.78, 5) is 22.5. The van der Waals surface area contributed by atoms with Crippen molar-refractivity contribution in [2.24, 2.45) is 5.73 Å². The van der Waals surface area contributed by atoms with Crippen molar-refractivity contribution in [1.29, 1.82) is 0 Å². The Bertz CT molecular complexity index is 1060. The minimum Gasteiger partial charge on any atom is -0.450 e. The number of carbonyl (C=O) groups is 1. The highest BCUT2D eigenvalue weighted by atomic mass is 16.5. The first-order valence-electron chi connectivity index (χ1n) is 10.4. The summed E-state index contributed by atoms with van der Waals surface area (Å²) in [6.07, 6.45) is -1.06. The Hall–Kier alpha value is -3.49. The van der Waals surface area contributed by atoms with E-state index in [4.69, 9.17) is 10.5 Å². The number of ether oxygens (including phenoxy) is 1. The molecule has 3 rings (SSSR count). The number of benzene rings is 2. The van der Waals surface area contributed by atoms with Crippen LogP contribution >= 0.6 is 0 Å². The van der Waals surface area contributed by atoms with Crippen LogP contribution in [0.3, 0.4) is 0 Å². The van der Waals surface area contributed by atoms with Gasteiger partial charge in [0.25, 0.3) is 5.56 Å². The van der Waals surface area contributed by atoms with Gasteiger partial charge in [0.15, 0.2) is 0 Å². The summed E-state index contributed by atoms with van der Waals surface area (Å²) in [6, 6.07) is 18.1. The maximum atomic E-state index is 11.5. The molecule has 8 heteroatoms. The largest absolute Gasteiger partial charge is 0.450 e. The number of nitrogens with two attached hydrogens (primary N) is 1. The van der Waals surface area contributed by atoms with Gasteiger partial charge in [0.1, 0.15) is 0 Å². The normalized spacial score (nSPS) is 11.2. The number of carbonyl (C=O) groups excluding carboxylic acids is 1. The summed E-state index contributed by atoms with van der Waals surface area (Å²) in [5.41, 5.74) is 9.57. The second-order valence-corrected chi connectivity index (χ2v) is 6.96. The molecule has 170 valence electrons. The van der Waals surface area contributed by atoms with Gasteiger partial charge >= 0.3 is 6.09 Å². The molecular formula is C24H30N4O4. The first-order chi connectivity index (χ1) is 15.4. The van der Waals surface area contributed by atoms with Crippen LogP contribution in [-0.2, 0) is 11.3 Å². The van der Waals surface area contributed by atoms with Crippen molar-refractivity contribution >= 4 is 11.8 Å². The number of aromatic nitrogens is 2. The molecule has 0 fully saturated rings. The highest BCUT2D eigenvalue weighted by Gasteiger charge is 2.06. The van der Waals surface area contributed by atoms with Gasteiger partial charge in [-0.05, 0) is 50.1 Å². The van der Waals surface area contributed by atoms with Crippen molar-refractivity contribution in [3.8, 4) is 11.3 Å². The molecule has 1 heterocycles. The molecule has 8 nitrogen and oxygen atoms in total. The zero-order valence-electron chi connectivity index (χ0n) is 18.6. The van der Waals surface area contributed by atoms with E-state index in [0.29, 0.717) is 13.2 Å². The molecule has 1 aromatic heterocycles. The highest BCUT2D eigenvalue weighted by Crippen LogP contribution is 2.19. The summed E-state index contributed by atoms with van der Waals surface area (Å²) in [5.74, 6) is 0. The van der Waals surface area contributed by atoms with Crippen LogP contribution in [-0.4, -0.2) is 34.1 Å². The molecule has 32 heavy (non-hydrogen) atoms. The molecular weight excluding hydrogens is 408 g/mol. The summed E-state index contributed by atoms with van der Waals surface area (Å²) in [7, 11) is 0. The minimum absolute atomic E-state index is 0.110. The number of aryl methyl sites for hydroxylation is 2. The second kappa shape index (κ2) is 12.4. The zero-order chi connectivity index (χ0) is 23.5. The Balaban J connectivity index is 0.000000244. The number of nitrogens with zero attached hydrogens (tertiary/aromatic N) is 2. The Morgan fingerprint density at radius 3 is 2.47 bits per heavy atom. The fraction of sp³-hybridized carbons (Fsp3) is 0.292. The highest BCUT2D eigenvalue weighted by molar-refractivity contribution is 5.84. The number of anilines is 1. The minimum atomic E-state index is -0.647. The Morgan fingerprint density at radius 2 is 1.88 bits per heavy atom. The topological polar surface area (TPSA) is 119 Å². The van der Waals surface area contributed by atoms with E-state index in [0.717, 1.165) is 28.1 Å². The van der Waals surface area contributed by atoms with Crippen molar-refractivity contribution in [1.82, 2.24) is 9.78 Å². The first kappa shape index (κ1) is 24.8. The van der Waals surface area contributed by atoms with Crippen molar-refractivity contribution < 1.29 is 14.6 Å². The number of nitrogens with one attached hydrogen (secondary N) is 1. The molecule has 0 aliphatic carbocycles. The Morgan fingerprint density at radius 1 is 1.16 bits per heavy atom. The van der Waals surface area contributed by atoms with Crippen LogP contribution in [0.5, 0.6) is 0 Å². The van der Waals surface area contributed by atoms with Crippen molar-refractivity contribution in [2.75, 3.05) is 18.5 Å². The number of hydrogen-bond donors (Lipinski definition) is 3. The predicted octanol–water partition coefficient (Wildman–Crippen LogP) is 3.49. The van der Waals surface area contributed by atoms with Crippen LogP contribution in [0.4, 0.5) is 10.5 Å². The number of amides is 1. The predicted molar refractivity (Wildman–Crippen MR) is 125 cm³/mol. The molecule has 0 saturated carbocycles. The number of hydrogen-bond acceptors (Lipinski definition) is 6. The molecule has 1 unspecified atom stereocenters. The Kier molecular flexibility index (Phi) is 9.59. The third-order valence-corrected chi connectivity index (χ3v) is 4.52. The van der Waals surface area contributed by atoms with Crippen molar-refractivity contribution in [3.05, 3.63) is 82.1 Å². The van der Waals surface area contributed by atoms with E-state index in [-0.39, 0.29) is 12.1 Å². The SMILES string of the molecule is CCOC(=O)Nc1cccc(C)c1.CCn1nc(-c2ccc(C(O)CN)cc2)ccc1=O. The van der Waals surface area contributed by atoms with Crippen LogP contribution < -0.4 is 16.6 Å². The number of aliphatic hydroxyl groups excluding tert-OH is 1. The first-order valence-corrected chi connectivity index (χ1v) is 10.4. The average molecular weight is 439 g/mol. The third kappa shape index (κ3) is 7.33. The van der Waals surface area contributed by atoms with Gasteiger partial charge in [0.2, 0.25) is 0 Å². The molecule has 0 spiro atoms. The molecule has 2 aromatic carbocycles. The van der Waals surface area contributed by atoms with E-state index < -0.39 is 12.2 Å². The lowest BCUT2D eigenvalue weighted by atomic mass is 10.1. The monoisotopic (exact) mass is 438 g/mol. The fourth-order valence-corrected chi connectivity index (χ4v) is 2.85. The van der Waals surface area contributed by atoms with Gasteiger partial charge in [-0.25, -0.2) is 9.48 Å². The molecule has 0 aliphatic heterocycles. The van der Waals surface area contributed by atoms with E-state index in [1.54, 1.807) is 13.0 Å². The molecule has 1 amide bonds. The number of rotatable bonds is 6. The fourth-order valence-electron chi connectivity index (χ4n) is 2.85.